The number of amides is 3. The zero-order valence-electron chi connectivity index (χ0n) is 21.8. The molecular formula is C29H37N3O4. The van der Waals surface area contributed by atoms with Crippen LogP contribution in [0.2, 0.25) is 0 Å². The van der Waals surface area contributed by atoms with Crippen LogP contribution in [-0.2, 0) is 27.3 Å². The van der Waals surface area contributed by atoms with Gasteiger partial charge < -0.3 is 20.3 Å². The summed E-state index contributed by atoms with van der Waals surface area (Å²) in [7, 11) is 0. The van der Waals surface area contributed by atoms with E-state index in [-0.39, 0.29) is 23.8 Å². The summed E-state index contributed by atoms with van der Waals surface area (Å²) < 4.78 is 5.40. The van der Waals surface area contributed by atoms with Gasteiger partial charge in [0.15, 0.2) is 0 Å². The highest BCUT2D eigenvalue weighted by Crippen LogP contribution is 2.36. The van der Waals surface area contributed by atoms with E-state index in [2.05, 4.69) is 22.8 Å². The van der Waals surface area contributed by atoms with Gasteiger partial charge in [0, 0.05) is 6.54 Å². The standard InChI is InChI=1S/C29H37N3O4/c1-18(2)24(31-28(35)36-29(3,4)5)27(34)32-17-20-12-7-9-15-22(20)25(32)26(33)30-23-16-10-13-19-11-6-8-14-21(19)23/h6-9,11-12,14-15,18,23-25H,10,13,16-17H2,1-5H3,(H,30,33)(H,31,35). The van der Waals surface area contributed by atoms with E-state index in [4.69, 9.17) is 4.74 Å². The van der Waals surface area contributed by atoms with Gasteiger partial charge in [-0.15, -0.1) is 0 Å². The first-order chi connectivity index (χ1) is 17.0. The quantitative estimate of drug-likeness (QED) is 0.628. The van der Waals surface area contributed by atoms with Crippen molar-refractivity contribution in [2.24, 2.45) is 5.92 Å². The lowest BCUT2D eigenvalue weighted by atomic mass is 9.87. The van der Waals surface area contributed by atoms with Gasteiger partial charge in [-0.25, -0.2) is 4.79 Å². The molecule has 2 aromatic rings. The van der Waals surface area contributed by atoms with E-state index in [9.17, 15) is 14.4 Å². The number of nitrogens with one attached hydrogen (secondary N) is 2. The first-order valence-corrected chi connectivity index (χ1v) is 12.8. The number of hydrogen-bond acceptors (Lipinski definition) is 4. The molecule has 0 bridgehead atoms. The second-order valence-electron chi connectivity index (χ2n) is 11.1. The van der Waals surface area contributed by atoms with Crippen molar-refractivity contribution in [3.05, 3.63) is 70.8 Å². The van der Waals surface area contributed by atoms with Gasteiger partial charge in [0.2, 0.25) is 11.8 Å². The predicted molar refractivity (Wildman–Crippen MR) is 138 cm³/mol. The van der Waals surface area contributed by atoms with E-state index in [1.54, 1.807) is 25.7 Å². The Morgan fingerprint density at radius 1 is 0.972 bits per heavy atom. The molecule has 7 heteroatoms. The third-order valence-electron chi connectivity index (χ3n) is 6.82. The molecule has 2 aromatic carbocycles. The van der Waals surface area contributed by atoms with Gasteiger partial charge in [-0.2, -0.15) is 0 Å². The smallest absolute Gasteiger partial charge is 0.408 e. The van der Waals surface area contributed by atoms with Gasteiger partial charge in [-0.05, 0) is 68.2 Å². The summed E-state index contributed by atoms with van der Waals surface area (Å²) in [6.45, 7) is 9.39. The monoisotopic (exact) mass is 491 g/mol. The number of rotatable bonds is 5. The Labute approximate surface area is 213 Å². The molecule has 192 valence electrons. The Morgan fingerprint density at radius 2 is 1.61 bits per heavy atom. The van der Waals surface area contributed by atoms with Crippen molar-refractivity contribution in [3.8, 4) is 0 Å². The first-order valence-electron chi connectivity index (χ1n) is 12.8. The second kappa shape index (κ2) is 10.3. The first kappa shape index (κ1) is 25.7. The Balaban J connectivity index is 1.59. The van der Waals surface area contributed by atoms with E-state index in [1.807, 2.05) is 50.2 Å². The van der Waals surface area contributed by atoms with Crippen molar-refractivity contribution in [1.82, 2.24) is 15.5 Å². The van der Waals surface area contributed by atoms with Crippen LogP contribution >= 0.6 is 0 Å². The molecule has 2 aliphatic rings. The normalized spacial score (nSPS) is 19.8. The number of benzene rings is 2. The third-order valence-corrected chi connectivity index (χ3v) is 6.82. The summed E-state index contributed by atoms with van der Waals surface area (Å²) in [4.78, 5) is 41.7. The lowest BCUT2D eigenvalue weighted by Gasteiger charge is -2.33. The molecule has 7 nitrogen and oxygen atoms in total. The molecule has 1 heterocycles. The molecule has 0 saturated heterocycles. The highest BCUT2D eigenvalue weighted by Gasteiger charge is 2.42. The number of carbonyl (C=O) groups is 3. The van der Waals surface area contributed by atoms with Crippen molar-refractivity contribution < 1.29 is 19.1 Å². The number of fused-ring (bicyclic) bond motifs is 2. The Morgan fingerprint density at radius 3 is 2.28 bits per heavy atom. The fourth-order valence-corrected chi connectivity index (χ4v) is 5.16. The van der Waals surface area contributed by atoms with Crippen molar-refractivity contribution in [2.75, 3.05) is 0 Å². The van der Waals surface area contributed by atoms with Crippen LogP contribution in [0.3, 0.4) is 0 Å². The summed E-state index contributed by atoms with van der Waals surface area (Å²) in [5.41, 5.74) is 3.49. The summed E-state index contributed by atoms with van der Waals surface area (Å²) in [5, 5.41) is 5.98. The van der Waals surface area contributed by atoms with Crippen molar-refractivity contribution in [2.45, 2.75) is 84.2 Å². The molecular weight excluding hydrogens is 454 g/mol. The number of aryl methyl sites for hydroxylation is 1. The number of nitrogens with zero attached hydrogens (tertiary/aromatic N) is 1. The summed E-state index contributed by atoms with van der Waals surface area (Å²) in [6, 6.07) is 14.2. The van der Waals surface area contributed by atoms with E-state index in [0.717, 1.165) is 36.0 Å². The van der Waals surface area contributed by atoms with Crippen molar-refractivity contribution >= 4 is 17.9 Å². The average molecular weight is 492 g/mol. The molecule has 3 amide bonds. The molecule has 2 N–H and O–H groups in total. The minimum atomic E-state index is -0.820. The lowest BCUT2D eigenvalue weighted by molar-refractivity contribution is -0.143. The molecule has 3 unspecified atom stereocenters. The largest absolute Gasteiger partial charge is 0.444 e. The van der Waals surface area contributed by atoms with Gasteiger partial charge in [0.05, 0.1) is 6.04 Å². The van der Waals surface area contributed by atoms with Crippen LogP contribution in [0.5, 0.6) is 0 Å². The average Bonchev–Trinajstić information content (AvgIpc) is 3.21. The van der Waals surface area contributed by atoms with Crippen LogP contribution in [0.15, 0.2) is 48.5 Å². The maximum absolute atomic E-state index is 13.8. The molecule has 0 spiro atoms. The number of ether oxygens (including phenoxy) is 1. The third kappa shape index (κ3) is 5.55. The van der Waals surface area contributed by atoms with Crippen LogP contribution in [0, 0.1) is 5.92 Å². The maximum Gasteiger partial charge on any atom is 0.408 e. The molecule has 0 fully saturated rings. The molecule has 1 aliphatic heterocycles. The topological polar surface area (TPSA) is 87.7 Å². The van der Waals surface area contributed by atoms with Crippen LogP contribution in [0.25, 0.3) is 0 Å². The van der Waals surface area contributed by atoms with E-state index in [0.29, 0.717) is 6.54 Å². The zero-order chi connectivity index (χ0) is 26.0. The molecule has 36 heavy (non-hydrogen) atoms. The van der Waals surface area contributed by atoms with E-state index in [1.165, 1.54) is 5.56 Å². The number of hydrogen-bond donors (Lipinski definition) is 2. The van der Waals surface area contributed by atoms with Crippen LogP contribution < -0.4 is 10.6 Å². The zero-order valence-corrected chi connectivity index (χ0v) is 21.8. The number of carbonyl (C=O) groups excluding carboxylic acids is 3. The lowest BCUT2D eigenvalue weighted by Crippen LogP contribution is -2.53. The van der Waals surface area contributed by atoms with Crippen molar-refractivity contribution in [3.63, 3.8) is 0 Å². The van der Waals surface area contributed by atoms with Gasteiger partial charge in [-0.3, -0.25) is 9.59 Å². The Kier molecular flexibility index (Phi) is 7.38. The van der Waals surface area contributed by atoms with Crippen LogP contribution in [0.1, 0.15) is 81.8 Å². The summed E-state index contributed by atoms with van der Waals surface area (Å²) >= 11 is 0. The highest BCUT2D eigenvalue weighted by atomic mass is 16.6. The van der Waals surface area contributed by atoms with Gasteiger partial charge in [0.1, 0.15) is 17.7 Å². The second-order valence-corrected chi connectivity index (χ2v) is 11.1. The fraction of sp³-hybridized carbons (Fsp3) is 0.483. The molecule has 0 radical (unpaired) electrons. The van der Waals surface area contributed by atoms with Gasteiger partial charge in [0.25, 0.3) is 0 Å². The predicted octanol–water partition coefficient (Wildman–Crippen LogP) is 4.81. The number of alkyl carbamates (subject to hydrolysis) is 1. The van der Waals surface area contributed by atoms with Crippen LogP contribution in [-0.4, -0.2) is 34.5 Å². The molecule has 1 aliphatic carbocycles. The summed E-state index contributed by atoms with van der Waals surface area (Å²) in [5.74, 6) is -0.686. The Hall–Kier alpha value is -3.35. The van der Waals surface area contributed by atoms with Gasteiger partial charge >= 0.3 is 6.09 Å². The van der Waals surface area contributed by atoms with Crippen LogP contribution in [0.4, 0.5) is 4.79 Å². The highest BCUT2D eigenvalue weighted by molar-refractivity contribution is 5.93. The minimum absolute atomic E-state index is 0.0899. The van der Waals surface area contributed by atoms with E-state index >= 15 is 0 Å². The molecule has 0 saturated carbocycles. The molecule has 3 atom stereocenters. The van der Waals surface area contributed by atoms with Gasteiger partial charge in [-0.1, -0.05) is 62.4 Å². The molecule has 0 aromatic heterocycles. The summed E-state index contributed by atoms with van der Waals surface area (Å²) in [6.07, 6.45) is 2.22. The fourth-order valence-electron chi connectivity index (χ4n) is 5.16. The SMILES string of the molecule is CC(C)C(NC(=O)OC(C)(C)C)C(=O)N1Cc2ccccc2C1C(=O)NC1CCCc2ccccc21. The minimum Gasteiger partial charge on any atom is -0.444 e. The Bertz CT molecular complexity index is 1140. The van der Waals surface area contributed by atoms with Crippen molar-refractivity contribution in [1.29, 1.82) is 0 Å². The molecule has 4 rings (SSSR count). The van der Waals surface area contributed by atoms with E-state index < -0.39 is 23.8 Å². The maximum atomic E-state index is 13.8.